The Hall–Kier alpha value is -2.82. The molecule has 3 aromatic rings. The highest BCUT2D eigenvalue weighted by Crippen LogP contribution is 2.24. The third-order valence-electron chi connectivity index (χ3n) is 4.41. The van der Waals surface area contributed by atoms with Crippen LogP contribution in [0.25, 0.3) is 5.69 Å². The Bertz CT molecular complexity index is 904. The van der Waals surface area contributed by atoms with Gasteiger partial charge in [-0.05, 0) is 51.0 Å². The highest BCUT2D eigenvalue weighted by atomic mass is 16.3. The maximum Gasteiger partial charge on any atom is 0.255 e. The zero-order valence-electron chi connectivity index (χ0n) is 15.9. The lowest BCUT2D eigenvalue weighted by molar-refractivity contribution is 0.0933. The van der Waals surface area contributed by atoms with Crippen molar-refractivity contribution in [2.45, 2.75) is 46.6 Å². The standard InChI is InChI=1S/C21H25N3O2/c1-13(2)20-18(12-22-24(20)17-9-6-14(3)7-10-17)21(25)23-16(5)19-11-8-15(4)26-19/h6-13,16H,1-5H3,(H,23,25). The number of benzene rings is 1. The smallest absolute Gasteiger partial charge is 0.255 e. The van der Waals surface area contributed by atoms with Crippen molar-refractivity contribution in [2.75, 3.05) is 0 Å². The van der Waals surface area contributed by atoms with Gasteiger partial charge in [0.2, 0.25) is 0 Å². The summed E-state index contributed by atoms with van der Waals surface area (Å²) >= 11 is 0. The second kappa shape index (κ2) is 7.20. The molecule has 1 N–H and O–H groups in total. The maximum atomic E-state index is 12.9. The average Bonchev–Trinajstić information content (AvgIpc) is 3.22. The lowest BCUT2D eigenvalue weighted by atomic mass is 10.0. The van der Waals surface area contributed by atoms with E-state index in [1.54, 1.807) is 6.20 Å². The number of nitrogens with one attached hydrogen (secondary N) is 1. The van der Waals surface area contributed by atoms with E-state index in [0.717, 1.165) is 22.9 Å². The molecule has 0 spiro atoms. The highest BCUT2D eigenvalue weighted by molar-refractivity contribution is 5.95. The first-order valence-corrected chi connectivity index (χ1v) is 8.89. The molecule has 0 bridgehead atoms. The Morgan fingerprint density at radius 3 is 2.35 bits per heavy atom. The highest BCUT2D eigenvalue weighted by Gasteiger charge is 2.23. The summed E-state index contributed by atoms with van der Waals surface area (Å²) in [6, 6.07) is 11.7. The normalized spacial score (nSPS) is 12.4. The van der Waals surface area contributed by atoms with Crippen molar-refractivity contribution in [3.8, 4) is 5.69 Å². The second-order valence-electron chi connectivity index (χ2n) is 6.99. The number of furan rings is 1. The number of carbonyl (C=O) groups is 1. The van der Waals surface area contributed by atoms with Gasteiger partial charge < -0.3 is 9.73 Å². The van der Waals surface area contributed by atoms with Crippen LogP contribution in [-0.2, 0) is 0 Å². The Morgan fingerprint density at radius 2 is 1.77 bits per heavy atom. The summed E-state index contributed by atoms with van der Waals surface area (Å²) in [5.74, 6) is 1.58. The van der Waals surface area contributed by atoms with Gasteiger partial charge in [0.05, 0.1) is 29.2 Å². The second-order valence-corrected chi connectivity index (χ2v) is 6.99. The third kappa shape index (κ3) is 3.57. The van der Waals surface area contributed by atoms with Gasteiger partial charge in [0.1, 0.15) is 11.5 Å². The monoisotopic (exact) mass is 351 g/mol. The van der Waals surface area contributed by atoms with Gasteiger partial charge in [-0.3, -0.25) is 4.79 Å². The number of nitrogens with zero attached hydrogens (tertiary/aromatic N) is 2. The molecular weight excluding hydrogens is 326 g/mol. The zero-order chi connectivity index (χ0) is 18.8. The van der Waals surface area contributed by atoms with Crippen molar-refractivity contribution >= 4 is 5.91 Å². The van der Waals surface area contributed by atoms with Gasteiger partial charge in [0.15, 0.2) is 0 Å². The summed E-state index contributed by atoms with van der Waals surface area (Å²) in [5.41, 5.74) is 3.63. The van der Waals surface area contributed by atoms with Crippen LogP contribution >= 0.6 is 0 Å². The summed E-state index contributed by atoms with van der Waals surface area (Å²) in [5, 5.41) is 7.48. The van der Waals surface area contributed by atoms with E-state index in [1.807, 2.05) is 61.9 Å². The topological polar surface area (TPSA) is 60.1 Å². The molecule has 5 nitrogen and oxygen atoms in total. The molecule has 136 valence electrons. The molecule has 0 radical (unpaired) electrons. The van der Waals surface area contributed by atoms with Crippen molar-refractivity contribution in [1.82, 2.24) is 15.1 Å². The van der Waals surface area contributed by atoms with E-state index in [4.69, 9.17) is 4.42 Å². The first-order valence-electron chi connectivity index (χ1n) is 8.89. The van der Waals surface area contributed by atoms with Gasteiger partial charge in [0, 0.05) is 0 Å². The first-order chi connectivity index (χ1) is 12.4. The van der Waals surface area contributed by atoms with Crippen molar-refractivity contribution < 1.29 is 9.21 Å². The third-order valence-corrected chi connectivity index (χ3v) is 4.41. The maximum absolute atomic E-state index is 12.9. The summed E-state index contributed by atoms with van der Waals surface area (Å²) in [6.07, 6.45) is 1.64. The van der Waals surface area contributed by atoms with Crippen LogP contribution in [0.4, 0.5) is 0 Å². The Kier molecular flexibility index (Phi) is 4.98. The fraction of sp³-hybridized carbons (Fsp3) is 0.333. The lowest BCUT2D eigenvalue weighted by Gasteiger charge is -2.15. The molecular formula is C21H25N3O2. The Labute approximate surface area is 154 Å². The van der Waals surface area contributed by atoms with Crippen LogP contribution in [0.5, 0.6) is 0 Å². The number of rotatable bonds is 5. The zero-order valence-corrected chi connectivity index (χ0v) is 15.9. The summed E-state index contributed by atoms with van der Waals surface area (Å²) in [6.45, 7) is 9.98. The van der Waals surface area contributed by atoms with Gasteiger partial charge >= 0.3 is 0 Å². The molecule has 0 saturated carbocycles. The van der Waals surface area contributed by atoms with Gasteiger partial charge in [-0.2, -0.15) is 5.10 Å². The van der Waals surface area contributed by atoms with Crippen molar-refractivity contribution in [1.29, 1.82) is 0 Å². The number of hydrogen-bond acceptors (Lipinski definition) is 3. The minimum absolute atomic E-state index is 0.145. The molecule has 5 heteroatoms. The number of amides is 1. The molecule has 0 fully saturated rings. The van der Waals surface area contributed by atoms with Crippen molar-refractivity contribution in [3.05, 3.63) is 70.9 Å². The quantitative estimate of drug-likeness (QED) is 0.725. The van der Waals surface area contributed by atoms with Crippen LogP contribution in [-0.4, -0.2) is 15.7 Å². The van der Waals surface area contributed by atoms with E-state index in [2.05, 4.69) is 24.3 Å². The largest absolute Gasteiger partial charge is 0.464 e. The Morgan fingerprint density at radius 1 is 1.08 bits per heavy atom. The van der Waals surface area contributed by atoms with Crippen LogP contribution in [0.3, 0.4) is 0 Å². The van der Waals surface area contributed by atoms with Crippen LogP contribution < -0.4 is 5.32 Å². The molecule has 2 heterocycles. The Balaban J connectivity index is 1.89. The van der Waals surface area contributed by atoms with E-state index >= 15 is 0 Å². The fourth-order valence-electron chi connectivity index (χ4n) is 3.01. The summed E-state index contributed by atoms with van der Waals surface area (Å²) < 4.78 is 7.46. The molecule has 3 rings (SSSR count). The van der Waals surface area contributed by atoms with Crippen molar-refractivity contribution in [2.24, 2.45) is 0 Å². The van der Waals surface area contributed by atoms with Crippen LogP contribution in [0.15, 0.2) is 47.0 Å². The number of aryl methyl sites for hydroxylation is 2. The van der Waals surface area contributed by atoms with E-state index in [0.29, 0.717) is 5.56 Å². The number of carbonyl (C=O) groups excluding carboxylic acids is 1. The first kappa shape index (κ1) is 18.0. The number of aromatic nitrogens is 2. The van der Waals surface area contributed by atoms with Gasteiger partial charge in [-0.25, -0.2) is 4.68 Å². The van der Waals surface area contributed by atoms with Gasteiger partial charge in [0.25, 0.3) is 5.91 Å². The molecule has 0 aliphatic rings. The molecule has 1 aromatic carbocycles. The molecule has 1 unspecified atom stereocenters. The minimum atomic E-state index is -0.209. The van der Waals surface area contributed by atoms with E-state index in [9.17, 15) is 4.79 Å². The van der Waals surface area contributed by atoms with Crippen LogP contribution in [0, 0.1) is 13.8 Å². The molecule has 2 aromatic heterocycles. The fourth-order valence-corrected chi connectivity index (χ4v) is 3.01. The van der Waals surface area contributed by atoms with E-state index in [1.165, 1.54) is 5.56 Å². The van der Waals surface area contributed by atoms with E-state index < -0.39 is 0 Å². The molecule has 0 saturated heterocycles. The molecule has 1 atom stereocenters. The van der Waals surface area contributed by atoms with Crippen LogP contribution in [0.1, 0.15) is 65.9 Å². The summed E-state index contributed by atoms with van der Waals surface area (Å²) in [4.78, 5) is 12.9. The van der Waals surface area contributed by atoms with Gasteiger partial charge in [-0.15, -0.1) is 0 Å². The number of hydrogen-bond donors (Lipinski definition) is 1. The lowest BCUT2D eigenvalue weighted by Crippen LogP contribution is -2.27. The molecule has 26 heavy (non-hydrogen) atoms. The van der Waals surface area contributed by atoms with E-state index in [-0.39, 0.29) is 17.9 Å². The van der Waals surface area contributed by atoms with Crippen LogP contribution in [0.2, 0.25) is 0 Å². The molecule has 0 aliphatic carbocycles. The predicted molar refractivity (Wildman–Crippen MR) is 102 cm³/mol. The molecule has 0 aliphatic heterocycles. The molecule has 1 amide bonds. The predicted octanol–water partition coefficient (Wildman–Crippen LogP) is 4.70. The SMILES string of the molecule is Cc1ccc(-n2ncc(C(=O)NC(C)c3ccc(C)o3)c2C(C)C)cc1. The summed E-state index contributed by atoms with van der Waals surface area (Å²) in [7, 11) is 0. The van der Waals surface area contributed by atoms with Crippen molar-refractivity contribution in [3.63, 3.8) is 0 Å². The average molecular weight is 351 g/mol. The minimum Gasteiger partial charge on any atom is -0.464 e. The van der Waals surface area contributed by atoms with Gasteiger partial charge in [-0.1, -0.05) is 31.5 Å².